The first-order chi connectivity index (χ1) is 11.5. The Labute approximate surface area is 155 Å². The van der Waals surface area contributed by atoms with Crippen LogP contribution < -0.4 is 14.8 Å². The quantitative estimate of drug-likeness (QED) is 0.681. The zero-order valence-electron chi connectivity index (χ0n) is 13.7. The molecule has 0 aliphatic rings. The normalized spacial score (nSPS) is 12.0. The van der Waals surface area contributed by atoms with E-state index in [1.807, 2.05) is 36.4 Å². The molecule has 0 saturated carbocycles. The number of halogens is 2. The van der Waals surface area contributed by atoms with Gasteiger partial charge in [-0.25, -0.2) is 0 Å². The van der Waals surface area contributed by atoms with Gasteiger partial charge in [0, 0.05) is 23.7 Å². The number of ether oxygens (including phenoxy) is 2. The van der Waals surface area contributed by atoms with Gasteiger partial charge in [-0.1, -0.05) is 29.8 Å². The number of aliphatic hydroxyl groups excluding tert-OH is 1. The lowest BCUT2D eigenvalue weighted by molar-refractivity contribution is 0.191. The lowest BCUT2D eigenvalue weighted by atomic mass is 10.2. The topological polar surface area (TPSA) is 50.7 Å². The molecule has 0 bridgehead atoms. The average molecular weight is 415 g/mol. The minimum atomic E-state index is -0.381. The van der Waals surface area contributed by atoms with Crippen molar-refractivity contribution in [1.29, 1.82) is 0 Å². The summed E-state index contributed by atoms with van der Waals surface area (Å²) in [6.07, 6.45) is -0.381. The Morgan fingerprint density at radius 2 is 2.04 bits per heavy atom. The summed E-state index contributed by atoms with van der Waals surface area (Å²) in [6.45, 7) is 3.26. The third kappa shape index (κ3) is 5.38. The molecule has 2 N–H and O–H groups in total. The summed E-state index contributed by atoms with van der Waals surface area (Å²) in [4.78, 5) is 0. The molecule has 0 aromatic heterocycles. The highest BCUT2D eigenvalue weighted by Crippen LogP contribution is 2.37. The van der Waals surface area contributed by atoms with Crippen molar-refractivity contribution in [1.82, 2.24) is 5.32 Å². The van der Waals surface area contributed by atoms with E-state index in [0.717, 1.165) is 15.6 Å². The van der Waals surface area contributed by atoms with Crippen LogP contribution in [0.25, 0.3) is 0 Å². The van der Waals surface area contributed by atoms with Crippen LogP contribution in [0.4, 0.5) is 0 Å². The van der Waals surface area contributed by atoms with Crippen LogP contribution in [0.15, 0.2) is 40.9 Å². The molecule has 0 fully saturated rings. The van der Waals surface area contributed by atoms with E-state index in [1.54, 1.807) is 14.0 Å². The Morgan fingerprint density at radius 1 is 1.29 bits per heavy atom. The Bertz CT molecular complexity index is 679. The molecular weight excluding hydrogens is 394 g/mol. The molecule has 0 saturated heterocycles. The Kier molecular flexibility index (Phi) is 7.37. The minimum absolute atomic E-state index is 0.355. The predicted molar refractivity (Wildman–Crippen MR) is 99.9 cm³/mol. The van der Waals surface area contributed by atoms with Gasteiger partial charge in [-0.3, -0.25) is 0 Å². The monoisotopic (exact) mass is 413 g/mol. The summed E-state index contributed by atoms with van der Waals surface area (Å²) in [7, 11) is 1.61. The fraction of sp³-hybridized carbons (Fsp3) is 0.333. The van der Waals surface area contributed by atoms with Crippen molar-refractivity contribution in [3.63, 3.8) is 0 Å². The maximum absolute atomic E-state index is 9.30. The van der Waals surface area contributed by atoms with E-state index < -0.39 is 0 Å². The molecule has 0 amide bonds. The van der Waals surface area contributed by atoms with Crippen molar-refractivity contribution in [3.8, 4) is 11.5 Å². The lowest BCUT2D eigenvalue weighted by Crippen LogP contribution is -2.23. The summed E-state index contributed by atoms with van der Waals surface area (Å²) in [5.74, 6) is 1.28. The molecule has 0 aliphatic heterocycles. The third-order valence-electron chi connectivity index (χ3n) is 3.39. The molecule has 0 heterocycles. The van der Waals surface area contributed by atoms with Gasteiger partial charge in [0.25, 0.3) is 0 Å². The standard InChI is InChI=1S/C18H21BrClNO3/c1-12(22)9-21-10-13-7-15(19)18(17(8-13)23-2)24-11-14-5-3-4-6-16(14)20/h3-8,12,21-22H,9-11H2,1-2H3. The summed E-state index contributed by atoms with van der Waals surface area (Å²) >= 11 is 9.70. The van der Waals surface area contributed by atoms with E-state index >= 15 is 0 Å². The zero-order valence-corrected chi connectivity index (χ0v) is 16.0. The van der Waals surface area contributed by atoms with Crippen LogP contribution in [0.5, 0.6) is 11.5 Å². The Morgan fingerprint density at radius 3 is 2.71 bits per heavy atom. The van der Waals surface area contributed by atoms with Gasteiger partial charge in [0.2, 0.25) is 0 Å². The fourth-order valence-electron chi connectivity index (χ4n) is 2.21. The van der Waals surface area contributed by atoms with Gasteiger partial charge in [0.05, 0.1) is 17.7 Å². The van der Waals surface area contributed by atoms with Crippen molar-refractivity contribution >= 4 is 27.5 Å². The van der Waals surface area contributed by atoms with Crippen LogP contribution in [0.1, 0.15) is 18.1 Å². The molecule has 4 nitrogen and oxygen atoms in total. The Hall–Kier alpha value is -1.27. The second kappa shape index (κ2) is 9.28. The first-order valence-electron chi connectivity index (χ1n) is 7.62. The highest BCUT2D eigenvalue weighted by Gasteiger charge is 2.13. The van der Waals surface area contributed by atoms with E-state index in [1.165, 1.54) is 0 Å². The number of methoxy groups -OCH3 is 1. The van der Waals surface area contributed by atoms with E-state index in [2.05, 4.69) is 21.2 Å². The van der Waals surface area contributed by atoms with Crippen molar-refractivity contribution in [3.05, 3.63) is 57.0 Å². The van der Waals surface area contributed by atoms with Gasteiger partial charge >= 0.3 is 0 Å². The van der Waals surface area contributed by atoms with Gasteiger partial charge in [-0.2, -0.15) is 0 Å². The number of benzene rings is 2. The van der Waals surface area contributed by atoms with Crippen molar-refractivity contribution in [2.75, 3.05) is 13.7 Å². The molecule has 1 unspecified atom stereocenters. The van der Waals surface area contributed by atoms with Crippen LogP contribution in [-0.2, 0) is 13.2 Å². The van der Waals surface area contributed by atoms with Crippen molar-refractivity contribution in [2.24, 2.45) is 0 Å². The first kappa shape index (κ1) is 19.1. The van der Waals surface area contributed by atoms with E-state index in [0.29, 0.717) is 36.2 Å². The molecule has 1 atom stereocenters. The maximum Gasteiger partial charge on any atom is 0.175 e. The largest absolute Gasteiger partial charge is 0.493 e. The summed E-state index contributed by atoms with van der Waals surface area (Å²) < 4.78 is 12.2. The minimum Gasteiger partial charge on any atom is -0.493 e. The van der Waals surface area contributed by atoms with Gasteiger partial charge in [-0.15, -0.1) is 0 Å². The van der Waals surface area contributed by atoms with Gasteiger partial charge in [0.1, 0.15) is 6.61 Å². The molecule has 0 radical (unpaired) electrons. The highest BCUT2D eigenvalue weighted by atomic mass is 79.9. The number of rotatable bonds is 8. The number of hydrogen-bond donors (Lipinski definition) is 2. The van der Waals surface area contributed by atoms with Crippen LogP contribution in [-0.4, -0.2) is 24.9 Å². The van der Waals surface area contributed by atoms with Crippen LogP contribution >= 0.6 is 27.5 Å². The highest BCUT2D eigenvalue weighted by molar-refractivity contribution is 9.10. The van der Waals surface area contributed by atoms with E-state index in [4.69, 9.17) is 21.1 Å². The summed E-state index contributed by atoms with van der Waals surface area (Å²) in [6, 6.07) is 11.5. The van der Waals surface area contributed by atoms with Crippen molar-refractivity contribution in [2.45, 2.75) is 26.2 Å². The summed E-state index contributed by atoms with van der Waals surface area (Å²) in [5.41, 5.74) is 1.94. The molecule has 0 spiro atoms. The molecule has 2 rings (SSSR count). The molecule has 0 aliphatic carbocycles. The van der Waals surface area contributed by atoms with Crippen molar-refractivity contribution < 1.29 is 14.6 Å². The predicted octanol–water partition coefficient (Wildman–Crippen LogP) is 4.16. The smallest absolute Gasteiger partial charge is 0.175 e. The second-order valence-corrected chi connectivity index (χ2v) is 6.73. The molecule has 2 aromatic rings. The number of hydrogen-bond acceptors (Lipinski definition) is 4. The van der Waals surface area contributed by atoms with Gasteiger partial charge in [0.15, 0.2) is 11.5 Å². The van der Waals surface area contributed by atoms with Crippen LogP contribution in [0, 0.1) is 0 Å². The fourth-order valence-corrected chi connectivity index (χ4v) is 3.00. The molecule has 6 heteroatoms. The van der Waals surface area contributed by atoms with Gasteiger partial charge < -0.3 is 19.9 Å². The van der Waals surface area contributed by atoms with Gasteiger partial charge in [-0.05, 0) is 46.6 Å². The summed E-state index contributed by atoms with van der Waals surface area (Å²) in [5, 5.41) is 13.2. The third-order valence-corrected chi connectivity index (χ3v) is 4.35. The number of nitrogens with one attached hydrogen (secondary N) is 1. The average Bonchev–Trinajstić information content (AvgIpc) is 2.54. The van der Waals surface area contributed by atoms with Crippen LogP contribution in [0.2, 0.25) is 5.02 Å². The molecule has 130 valence electrons. The van der Waals surface area contributed by atoms with E-state index in [-0.39, 0.29) is 6.10 Å². The molecule has 24 heavy (non-hydrogen) atoms. The van der Waals surface area contributed by atoms with Crippen LogP contribution in [0.3, 0.4) is 0 Å². The second-order valence-electron chi connectivity index (χ2n) is 5.47. The number of aliphatic hydroxyl groups is 1. The molecular formula is C18H21BrClNO3. The Balaban J connectivity index is 2.10. The molecule has 2 aromatic carbocycles. The maximum atomic E-state index is 9.30. The zero-order chi connectivity index (χ0) is 17.5. The first-order valence-corrected chi connectivity index (χ1v) is 8.79. The van der Waals surface area contributed by atoms with E-state index in [9.17, 15) is 5.11 Å². The lowest BCUT2D eigenvalue weighted by Gasteiger charge is -2.15. The SMILES string of the molecule is COc1cc(CNCC(C)O)cc(Br)c1OCc1ccccc1Cl.